The smallest absolute Gasteiger partial charge is 0.250 e. The van der Waals surface area contributed by atoms with Crippen LogP contribution in [-0.2, 0) is 9.53 Å². The summed E-state index contributed by atoms with van der Waals surface area (Å²) in [5.41, 5.74) is 1.54. The Morgan fingerprint density at radius 1 is 1.20 bits per heavy atom. The number of hydrogen-bond donors (Lipinski definition) is 1. The minimum atomic E-state index is -0.315. The van der Waals surface area contributed by atoms with Gasteiger partial charge in [-0.05, 0) is 38.3 Å². The van der Waals surface area contributed by atoms with Gasteiger partial charge in [0.05, 0.1) is 5.60 Å². The molecule has 0 atom stereocenters. The summed E-state index contributed by atoms with van der Waals surface area (Å²) in [6.07, 6.45) is 0. The van der Waals surface area contributed by atoms with Crippen molar-refractivity contribution in [1.29, 1.82) is 0 Å². The maximum atomic E-state index is 11.9. The molecule has 2 aromatic rings. The van der Waals surface area contributed by atoms with E-state index < -0.39 is 0 Å². The van der Waals surface area contributed by atoms with Gasteiger partial charge in [-0.1, -0.05) is 24.3 Å². The molecule has 0 radical (unpaired) electrons. The zero-order valence-corrected chi connectivity index (χ0v) is 12.8. The summed E-state index contributed by atoms with van der Waals surface area (Å²) < 4.78 is 5.48. The van der Waals surface area contributed by atoms with Gasteiger partial charge in [0.25, 0.3) is 0 Å². The highest BCUT2D eigenvalue weighted by Crippen LogP contribution is 2.31. The zero-order valence-electron chi connectivity index (χ0n) is 12.0. The monoisotopic (exact) mass is 289 g/mol. The van der Waals surface area contributed by atoms with Crippen LogP contribution in [0, 0.1) is 0 Å². The number of para-hydroxylation sites is 1. The van der Waals surface area contributed by atoms with E-state index in [9.17, 15) is 4.79 Å². The van der Waals surface area contributed by atoms with Crippen molar-refractivity contribution in [1.82, 2.24) is 0 Å². The Bertz CT molecular complexity index is 570. The maximum Gasteiger partial charge on any atom is 0.250 e. The molecule has 0 saturated heterocycles. The van der Waals surface area contributed by atoms with Gasteiger partial charge in [0, 0.05) is 16.1 Å². The highest BCUT2D eigenvalue weighted by molar-refractivity contribution is 7.13. The summed E-state index contributed by atoms with van der Waals surface area (Å²) in [5, 5.41) is 4.94. The number of anilines is 1. The lowest BCUT2D eigenvalue weighted by Crippen LogP contribution is -2.27. The van der Waals surface area contributed by atoms with E-state index in [2.05, 4.69) is 5.32 Å². The molecule has 0 fully saturated rings. The lowest BCUT2D eigenvalue weighted by atomic mass is 10.1. The molecule has 0 unspecified atom stereocenters. The zero-order chi connectivity index (χ0) is 14.6. The summed E-state index contributed by atoms with van der Waals surface area (Å²) in [6.45, 7) is 5.85. The van der Waals surface area contributed by atoms with E-state index in [0.717, 1.165) is 16.1 Å². The van der Waals surface area contributed by atoms with Crippen LogP contribution in [0.3, 0.4) is 0 Å². The minimum Gasteiger partial charge on any atom is -0.366 e. The molecule has 0 spiro atoms. The number of rotatable bonds is 4. The van der Waals surface area contributed by atoms with E-state index in [4.69, 9.17) is 4.74 Å². The summed E-state index contributed by atoms with van der Waals surface area (Å²) in [6, 6.07) is 11.8. The van der Waals surface area contributed by atoms with Crippen molar-refractivity contribution < 1.29 is 9.53 Å². The number of carbonyl (C=O) groups is 1. The topological polar surface area (TPSA) is 38.3 Å². The molecule has 1 aromatic carbocycles. The molecule has 4 heteroatoms. The predicted molar refractivity (Wildman–Crippen MR) is 84.1 cm³/mol. The lowest BCUT2D eigenvalue weighted by Gasteiger charge is -2.19. The molecule has 20 heavy (non-hydrogen) atoms. The molecule has 2 rings (SSSR count). The van der Waals surface area contributed by atoms with Crippen molar-refractivity contribution in [2.75, 3.05) is 11.9 Å². The third-order valence-corrected chi connectivity index (χ3v) is 3.53. The lowest BCUT2D eigenvalue weighted by molar-refractivity contribution is -0.125. The highest BCUT2D eigenvalue weighted by Gasteiger charge is 2.14. The molecular weight excluding hydrogens is 270 g/mol. The second-order valence-electron chi connectivity index (χ2n) is 5.47. The van der Waals surface area contributed by atoms with E-state index in [1.165, 1.54) is 0 Å². The molecule has 3 nitrogen and oxygen atoms in total. The average molecular weight is 289 g/mol. The molecular formula is C16H19NO2S. The van der Waals surface area contributed by atoms with Gasteiger partial charge in [0.15, 0.2) is 0 Å². The van der Waals surface area contributed by atoms with Gasteiger partial charge in [-0.2, -0.15) is 0 Å². The Hall–Kier alpha value is -1.65. The first-order valence-corrected chi connectivity index (χ1v) is 7.40. The average Bonchev–Trinajstić information content (AvgIpc) is 2.90. The Morgan fingerprint density at radius 2 is 1.95 bits per heavy atom. The number of thiophene rings is 1. The van der Waals surface area contributed by atoms with Crippen LogP contribution in [-0.4, -0.2) is 18.1 Å². The Morgan fingerprint density at radius 3 is 2.60 bits per heavy atom. The van der Waals surface area contributed by atoms with Crippen molar-refractivity contribution in [2.45, 2.75) is 26.4 Å². The Kier molecular flexibility index (Phi) is 4.57. The van der Waals surface area contributed by atoms with E-state index in [1.807, 2.05) is 62.5 Å². The second kappa shape index (κ2) is 6.20. The number of carbonyl (C=O) groups excluding carboxylic acids is 1. The van der Waals surface area contributed by atoms with Gasteiger partial charge in [0.2, 0.25) is 5.91 Å². The van der Waals surface area contributed by atoms with Gasteiger partial charge in [-0.15, -0.1) is 11.3 Å². The molecule has 0 saturated carbocycles. The van der Waals surface area contributed by atoms with E-state index >= 15 is 0 Å². The minimum absolute atomic E-state index is 0.0578. The van der Waals surface area contributed by atoms with Crippen LogP contribution in [0.15, 0.2) is 41.8 Å². The fourth-order valence-corrected chi connectivity index (χ4v) is 2.47. The molecule has 1 amide bonds. The van der Waals surface area contributed by atoms with Crippen molar-refractivity contribution in [3.05, 3.63) is 41.8 Å². The SMILES string of the molecule is CC(C)(C)OCC(=O)Nc1ccccc1-c1cccs1. The van der Waals surface area contributed by atoms with E-state index in [1.54, 1.807) is 11.3 Å². The fraction of sp³-hybridized carbons (Fsp3) is 0.312. The van der Waals surface area contributed by atoms with E-state index in [-0.39, 0.29) is 18.1 Å². The molecule has 0 aliphatic heterocycles. The molecule has 106 valence electrons. The largest absolute Gasteiger partial charge is 0.366 e. The molecule has 0 aliphatic carbocycles. The molecule has 0 bridgehead atoms. The number of ether oxygens (including phenoxy) is 1. The van der Waals surface area contributed by atoms with Crippen LogP contribution >= 0.6 is 11.3 Å². The van der Waals surface area contributed by atoms with Crippen LogP contribution in [0.2, 0.25) is 0 Å². The third kappa shape index (κ3) is 4.18. The van der Waals surface area contributed by atoms with Crippen LogP contribution in [0.1, 0.15) is 20.8 Å². The quantitative estimate of drug-likeness (QED) is 0.917. The third-order valence-electron chi connectivity index (χ3n) is 2.62. The van der Waals surface area contributed by atoms with Gasteiger partial charge >= 0.3 is 0 Å². The van der Waals surface area contributed by atoms with Crippen molar-refractivity contribution in [3.8, 4) is 10.4 Å². The first-order chi connectivity index (χ1) is 9.46. The van der Waals surface area contributed by atoms with Crippen molar-refractivity contribution in [3.63, 3.8) is 0 Å². The molecule has 0 aliphatic rings. The van der Waals surface area contributed by atoms with Crippen molar-refractivity contribution >= 4 is 22.9 Å². The number of benzene rings is 1. The normalized spacial score (nSPS) is 11.3. The van der Waals surface area contributed by atoms with Crippen molar-refractivity contribution in [2.24, 2.45) is 0 Å². The fourth-order valence-electron chi connectivity index (χ4n) is 1.71. The first-order valence-electron chi connectivity index (χ1n) is 6.52. The number of hydrogen-bond acceptors (Lipinski definition) is 3. The summed E-state index contributed by atoms with van der Waals surface area (Å²) in [7, 11) is 0. The molecule has 1 heterocycles. The van der Waals surface area contributed by atoms with Crippen LogP contribution < -0.4 is 5.32 Å². The molecule has 1 N–H and O–H groups in total. The van der Waals surface area contributed by atoms with Gasteiger partial charge in [0.1, 0.15) is 6.61 Å². The van der Waals surface area contributed by atoms with Gasteiger partial charge < -0.3 is 10.1 Å². The van der Waals surface area contributed by atoms with Gasteiger partial charge in [-0.3, -0.25) is 4.79 Å². The Labute approximate surface area is 123 Å². The van der Waals surface area contributed by atoms with Gasteiger partial charge in [-0.25, -0.2) is 0 Å². The van der Waals surface area contributed by atoms with Crippen LogP contribution in [0.25, 0.3) is 10.4 Å². The summed E-state index contributed by atoms with van der Waals surface area (Å²) >= 11 is 1.65. The maximum absolute atomic E-state index is 11.9. The molecule has 1 aromatic heterocycles. The van der Waals surface area contributed by atoms with Crippen LogP contribution in [0.5, 0.6) is 0 Å². The highest BCUT2D eigenvalue weighted by atomic mass is 32.1. The summed E-state index contributed by atoms with van der Waals surface area (Å²) in [4.78, 5) is 13.1. The Balaban J connectivity index is 2.08. The number of nitrogens with one attached hydrogen (secondary N) is 1. The first kappa shape index (κ1) is 14.8. The standard InChI is InChI=1S/C16H19NO2S/c1-16(2,3)19-11-15(18)17-13-8-5-4-7-12(13)14-9-6-10-20-14/h4-10H,11H2,1-3H3,(H,17,18). The number of amides is 1. The predicted octanol–water partition coefficient (Wildman–Crippen LogP) is 4.17. The van der Waals surface area contributed by atoms with Crippen LogP contribution in [0.4, 0.5) is 5.69 Å². The second-order valence-corrected chi connectivity index (χ2v) is 6.42. The summed E-state index contributed by atoms with van der Waals surface area (Å²) in [5.74, 6) is -0.135. The van der Waals surface area contributed by atoms with E-state index in [0.29, 0.717) is 0 Å².